The molecule has 0 fully saturated rings. The molecule has 1 aromatic carbocycles. The maximum absolute atomic E-state index is 12.7. The molecular formula is C19H19N3O3. The fraction of sp³-hybridized carbons (Fsp3) is 0.211. The summed E-state index contributed by atoms with van der Waals surface area (Å²) >= 11 is 0. The van der Waals surface area contributed by atoms with Crippen LogP contribution in [0.3, 0.4) is 0 Å². The third kappa shape index (κ3) is 3.52. The first-order valence-corrected chi connectivity index (χ1v) is 8.03. The van der Waals surface area contributed by atoms with E-state index in [-0.39, 0.29) is 11.0 Å². The van der Waals surface area contributed by atoms with Crippen LogP contribution in [0.25, 0.3) is 10.9 Å². The van der Waals surface area contributed by atoms with Gasteiger partial charge in [0, 0.05) is 32.2 Å². The molecule has 0 aliphatic carbocycles. The summed E-state index contributed by atoms with van der Waals surface area (Å²) in [5.41, 5.74) is 1.41. The van der Waals surface area contributed by atoms with E-state index in [1.54, 1.807) is 42.3 Å². The van der Waals surface area contributed by atoms with E-state index in [1.807, 2.05) is 25.1 Å². The Morgan fingerprint density at radius 1 is 1.32 bits per heavy atom. The van der Waals surface area contributed by atoms with Gasteiger partial charge < -0.3 is 14.6 Å². The van der Waals surface area contributed by atoms with E-state index in [1.165, 1.54) is 0 Å². The lowest BCUT2D eigenvalue weighted by molar-refractivity contribution is 0.0949. The minimum Gasteiger partial charge on any atom is -0.494 e. The van der Waals surface area contributed by atoms with Crippen LogP contribution >= 0.6 is 0 Å². The third-order valence-corrected chi connectivity index (χ3v) is 3.89. The van der Waals surface area contributed by atoms with Crippen molar-refractivity contribution in [1.82, 2.24) is 14.9 Å². The Bertz CT molecular complexity index is 965. The molecular weight excluding hydrogens is 318 g/mol. The molecule has 0 atom stereocenters. The topological polar surface area (TPSA) is 73.2 Å². The van der Waals surface area contributed by atoms with Gasteiger partial charge in [-0.15, -0.1) is 0 Å². The average Bonchev–Trinajstić information content (AvgIpc) is 2.64. The fourth-order valence-electron chi connectivity index (χ4n) is 2.67. The number of carbonyl (C=O) groups is 1. The molecule has 0 bridgehead atoms. The number of fused-ring (bicyclic) bond motifs is 1. The van der Waals surface area contributed by atoms with Gasteiger partial charge >= 0.3 is 0 Å². The van der Waals surface area contributed by atoms with Crippen molar-refractivity contribution < 1.29 is 9.53 Å². The highest BCUT2D eigenvalue weighted by Gasteiger charge is 2.15. The summed E-state index contributed by atoms with van der Waals surface area (Å²) in [4.78, 5) is 29.2. The number of nitrogens with zero attached hydrogens (tertiary/aromatic N) is 2. The smallest absolute Gasteiger partial charge is 0.257 e. The molecule has 6 heteroatoms. The van der Waals surface area contributed by atoms with Crippen LogP contribution in [0.1, 0.15) is 22.8 Å². The van der Waals surface area contributed by atoms with Gasteiger partial charge in [0.25, 0.3) is 5.91 Å². The van der Waals surface area contributed by atoms with E-state index in [4.69, 9.17) is 4.74 Å². The van der Waals surface area contributed by atoms with Crippen LogP contribution in [-0.2, 0) is 13.6 Å². The number of rotatable bonds is 5. The second-order valence-corrected chi connectivity index (χ2v) is 5.64. The van der Waals surface area contributed by atoms with Crippen molar-refractivity contribution in [2.75, 3.05) is 6.61 Å². The molecule has 0 saturated carbocycles. The lowest BCUT2D eigenvalue weighted by Gasteiger charge is -2.11. The second kappa shape index (κ2) is 7.17. The highest BCUT2D eigenvalue weighted by Crippen LogP contribution is 2.18. The van der Waals surface area contributed by atoms with Gasteiger partial charge in [-0.2, -0.15) is 0 Å². The molecule has 3 rings (SSSR count). The van der Waals surface area contributed by atoms with Gasteiger partial charge in [-0.1, -0.05) is 6.07 Å². The predicted octanol–water partition coefficient (Wildman–Crippen LogP) is 2.26. The lowest BCUT2D eigenvalue weighted by atomic mass is 10.1. The van der Waals surface area contributed by atoms with Crippen LogP contribution < -0.4 is 15.5 Å². The monoisotopic (exact) mass is 337 g/mol. The minimum atomic E-state index is -0.409. The zero-order chi connectivity index (χ0) is 17.8. The molecule has 1 amide bonds. The van der Waals surface area contributed by atoms with Crippen LogP contribution in [-0.4, -0.2) is 22.1 Å². The second-order valence-electron chi connectivity index (χ2n) is 5.64. The van der Waals surface area contributed by atoms with Gasteiger partial charge in [-0.25, -0.2) is 0 Å². The number of nitrogens with one attached hydrogen (secondary N) is 1. The van der Waals surface area contributed by atoms with Crippen LogP contribution in [0, 0.1) is 0 Å². The van der Waals surface area contributed by atoms with Crippen LogP contribution in [0.2, 0.25) is 0 Å². The normalized spacial score (nSPS) is 10.6. The number of ether oxygens (including phenoxy) is 1. The summed E-state index contributed by atoms with van der Waals surface area (Å²) in [5.74, 6) is 0.202. The van der Waals surface area contributed by atoms with E-state index >= 15 is 0 Å². The van der Waals surface area contributed by atoms with Crippen molar-refractivity contribution >= 4 is 16.8 Å². The molecule has 25 heavy (non-hydrogen) atoms. The number of amides is 1. The van der Waals surface area contributed by atoms with Crippen molar-refractivity contribution in [3.63, 3.8) is 0 Å². The molecule has 0 unspecified atom stereocenters. The largest absolute Gasteiger partial charge is 0.494 e. The van der Waals surface area contributed by atoms with Gasteiger partial charge in [0.05, 0.1) is 17.5 Å². The first-order valence-electron chi connectivity index (χ1n) is 8.03. The van der Waals surface area contributed by atoms with Gasteiger partial charge in [0.2, 0.25) is 5.43 Å². The number of benzene rings is 1. The van der Waals surface area contributed by atoms with E-state index in [2.05, 4.69) is 10.3 Å². The molecule has 3 aromatic rings. The number of pyridine rings is 2. The van der Waals surface area contributed by atoms with E-state index in [0.717, 1.165) is 11.1 Å². The summed E-state index contributed by atoms with van der Waals surface area (Å²) in [6, 6.07) is 8.97. The standard InChI is InChI=1S/C19H19N3O3/c1-3-25-14-6-7-17-15(9-14)18(23)16(12-22(17)2)19(24)21-11-13-5-4-8-20-10-13/h4-10,12H,3,11H2,1-2H3,(H,21,24). The molecule has 6 nitrogen and oxygen atoms in total. The highest BCUT2D eigenvalue weighted by atomic mass is 16.5. The third-order valence-electron chi connectivity index (χ3n) is 3.89. The maximum Gasteiger partial charge on any atom is 0.257 e. The summed E-state index contributed by atoms with van der Waals surface area (Å²) in [6.07, 6.45) is 4.90. The Balaban J connectivity index is 1.94. The molecule has 2 heterocycles. The van der Waals surface area contributed by atoms with Crippen LogP contribution in [0.15, 0.2) is 53.7 Å². The minimum absolute atomic E-state index is 0.104. The van der Waals surface area contributed by atoms with Crippen molar-refractivity contribution in [3.05, 3.63) is 70.3 Å². The van der Waals surface area contributed by atoms with Gasteiger partial charge in [-0.3, -0.25) is 14.6 Å². The van der Waals surface area contributed by atoms with E-state index in [9.17, 15) is 9.59 Å². The quantitative estimate of drug-likeness (QED) is 0.775. The average molecular weight is 337 g/mol. The summed E-state index contributed by atoms with van der Waals surface area (Å²) < 4.78 is 7.23. The maximum atomic E-state index is 12.7. The number of aromatic nitrogens is 2. The molecule has 0 saturated heterocycles. The Kier molecular flexibility index (Phi) is 4.79. The van der Waals surface area contributed by atoms with Crippen molar-refractivity contribution in [3.8, 4) is 5.75 Å². The molecule has 1 N–H and O–H groups in total. The van der Waals surface area contributed by atoms with Crippen LogP contribution in [0.4, 0.5) is 0 Å². The first kappa shape index (κ1) is 16.7. The van der Waals surface area contributed by atoms with Crippen molar-refractivity contribution in [2.45, 2.75) is 13.5 Å². The Labute approximate surface area is 145 Å². The predicted molar refractivity (Wildman–Crippen MR) is 95.8 cm³/mol. The molecule has 0 aliphatic rings. The Morgan fingerprint density at radius 2 is 2.16 bits per heavy atom. The number of carbonyl (C=O) groups excluding carboxylic acids is 1. The Morgan fingerprint density at radius 3 is 2.88 bits per heavy atom. The SMILES string of the molecule is CCOc1ccc2c(c1)c(=O)c(C(=O)NCc1cccnc1)cn2C. The summed E-state index contributed by atoms with van der Waals surface area (Å²) in [5, 5.41) is 3.22. The molecule has 128 valence electrons. The van der Waals surface area contributed by atoms with Gasteiger partial charge in [-0.05, 0) is 36.8 Å². The van der Waals surface area contributed by atoms with Crippen molar-refractivity contribution in [1.29, 1.82) is 0 Å². The summed E-state index contributed by atoms with van der Waals surface area (Å²) in [6.45, 7) is 2.70. The number of hydrogen-bond donors (Lipinski definition) is 1. The van der Waals surface area contributed by atoms with E-state index in [0.29, 0.717) is 24.3 Å². The lowest BCUT2D eigenvalue weighted by Crippen LogP contribution is -2.29. The van der Waals surface area contributed by atoms with Crippen molar-refractivity contribution in [2.24, 2.45) is 7.05 Å². The molecule has 0 spiro atoms. The molecule has 2 aromatic heterocycles. The molecule has 0 aliphatic heterocycles. The number of aryl methyl sites for hydroxylation is 1. The van der Waals surface area contributed by atoms with Crippen LogP contribution in [0.5, 0.6) is 5.75 Å². The fourth-order valence-corrected chi connectivity index (χ4v) is 2.67. The molecule has 0 radical (unpaired) electrons. The first-order chi connectivity index (χ1) is 12.1. The highest BCUT2D eigenvalue weighted by molar-refractivity contribution is 5.97. The Hall–Kier alpha value is -3.15. The zero-order valence-corrected chi connectivity index (χ0v) is 14.2. The summed E-state index contributed by atoms with van der Waals surface area (Å²) in [7, 11) is 1.81. The zero-order valence-electron chi connectivity index (χ0n) is 14.2. The van der Waals surface area contributed by atoms with Gasteiger partial charge in [0.15, 0.2) is 0 Å². The van der Waals surface area contributed by atoms with Gasteiger partial charge in [0.1, 0.15) is 11.3 Å². The van der Waals surface area contributed by atoms with E-state index < -0.39 is 5.91 Å². The number of hydrogen-bond acceptors (Lipinski definition) is 4.